The third-order valence-electron chi connectivity index (χ3n) is 9.33. The molecule has 0 N–H and O–H groups in total. The van der Waals surface area contributed by atoms with Gasteiger partial charge >= 0.3 is 11.9 Å². The van der Waals surface area contributed by atoms with Crippen molar-refractivity contribution in [2.45, 2.75) is 187 Å². The Bertz CT molecular complexity index is 687. The van der Waals surface area contributed by atoms with Gasteiger partial charge in [-0.25, -0.2) is 0 Å². The van der Waals surface area contributed by atoms with Gasteiger partial charge in [0.25, 0.3) is 0 Å². The molecule has 1 rings (SSSR count). The smallest absolute Gasteiger partial charge is 0.305 e. The summed E-state index contributed by atoms with van der Waals surface area (Å²) in [6.07, 6.45) is 30.2. The molecule has 0 aromatic carbocycles. The molecule has 0 aromatic rings. The van der Waals surface area contributed by atoms with Crippen molar-refractivity contribution in [1.82, 2.24) is 9.80 Å². The Kier molecular flexibility index (Phi) is 27.4. The molecule has 0 bridgehead atoms. The molecule has 0 radical (unpaired) electrons. The van der Waals surface area contributed by atoms with Crippen LogP contribution in [0.25, 0.3) is 0 Å². The molecule has 1 fully saturated rings. The summed E-state index contributed by atoms with van der Waals surface area (Å²) in [4.78, 5) is 41.7. The monoisotopic (exact) mass is 637 g/mol. The number of likely N-dealkylation sites (N-methyl/N-ethyl adjacent to an activating group) is 1. The topological polar surface area (TPSA) is 76.1 Å². The lowest BCUT2D eigenvalue weighted by atomic mass is 10.1. The molecule has 45 heavy (non-hydrogen) atoms. The molecule has 1 saturated heterocycles. The molecule has 1 amide bonds. The van der Waals surface area contributed by atoms with Crippen LogP contribution in [0.3, 0.4) is 0 Å². The number of hydrogen-bond acceptors (Lipinski definition) is 6. The fraction of sp³-hybridized carbons (Fsp3) is 0.921. The van der Waals surface area contributed by atoms with Crippen molar-refractivity contribution in [3.63, 3.8) is 0 Å². The van der Waals surface area contributed by atoms with Crippen LogP contribution in [-0.2, 0) is 23.9 Å². The molecule has 1 aliphatic rings. The molecule has 7 heteroatoms. The van der Waals surface area contributed by atoms with Crippen LogP contribution in [0.2, 0.25) is 0 Å². The first-order chi connectivity index (χ1) is 22.0. The van der Waals surface area contributed by atoms with E-state index < -0.39 is 0 Å². The number of hydrogen-bond donors (Lipinski definition) is 0. The van der Waals surface area contributed by atoms with Gasteiger partial charge in [-0.3, -0.25) is 19.3 Å². The summed E-state index contributed by atoms with van der Waals surface area (Å²) in [6.45, 7) is 6.46. The van der Waals surface area contributed by atoms with Crippen LogP contribution < -0.4 is 0 Å². The number of ether oxygens (including phenoxy) is 2. The van der Waals surface area contributed by atoms with Crippen molar-refractivity contribution < 1.29 is 23.9 Å². The number of rotatable bonds is 31. The van der Waals surface area contributed by atoms with Gasteiger partial charge in [0.05, 0.1) is 19.1 Å². The van der Waals surface area contributed by atoms with E-state index in [-0.39, 0.29) is 37.1 Å². The van der Waals surface area contributed by atoms with Crippen molar-refractivity contribution in [3.05, 3.63) is 0 Å². The number of likely N-dealkylation sites (tertiary alicyclic amines) is 1. The molecular weight excluding hydrogens is 564 g/mol. The molecule has 1 atom stereocenters. The van der Waals surface area contributed by atoms with Crippen molar-refractivity contribution in [3.8, 4) is 0 Å². The number of carbonyl (C=O) groups is 3. The van der Waals surface area contributed by atoms with Gasteiger partial charge in [-0.15, -0.1) is 0 Å². The highest BCUT2D eigenvalue weighted by molar-refractivity contribution is 5.82. The Morgan fingerprint density at radius 3 is 1.27 bits per heavy atom. The predicted octanol–water partition coefficient (Wildman–Crippen LogP) is 9.40. The van der Waals surface area contributed by atoms with Crippen LogP contribution in [0.4, 0.5) is 0 Å². The van der Waals surface area contributed by atoms with Crippen molar-refractivity contribution >= 4 is 17.8 Å². The SMILES string of the molecule is CCCCCCCCCCCCCC(=O)OCCN(CCOC(=O)CCCCCCCCCCCCC)C(=O)[C@@H]1CCCN1C. The summed E-state index contributed by atoms with van der Waals surface area (Å²) in [5.74, 6) is -0.331. The lowest BCUT2D eigenvalue weighted by Gasteiger charge is -2.28. The summed E-state index contributed by atoms with van der Waals surface area (Å²) in [7, 11) is 1.98. The highest BCUT2D eigenvalue weighted by Crippen LogP contribution is 2.18. The van der Waals surface area contributed by atoms with Crippen LogP contribution in [0.5, 0.6) is 0 Å². The molecule has 0 aliphatic carbocycles. The summed E-state index contributed by atoms with van der Waals surface area (Å²) < 4.78 is 11.0. The molecule has 0 unspecified atom stereocenters. The third-order valence-corrected chi connectivity index (χ3v) is 9.33. The zero-order valence-corrected chi connectivity index (χ0v) is 29.9. The van der Waals surface area contributed by atoms with E-state index in [2.05, 4.69) is 18.7 Å². The molecule has 0 aromatic heterocycles. The minimum absolute atomic E-state index is 0.0397. The largest absolute Gasteiger partial charge is 0.464 e. The van der Waals surface area contributed by atoms with Gasteiger partial charge in [-0.1, -0.05) is 142 Å². The third kappa shape index (κ3) is 23.4. The molecule has 264 valence electrons. The number of nitrogens with zero attached hydrogens (tertiary/aromatic N) is 2. The van der Waals surface area contributed by atoms with E-state index in [1.807, 2.05) is 7.05 Å². The van der Waals surface area contributed by atoms with E-state index in [0.29, 0.717) is 25.9 Å². The van der Waals surface area contributed by atoms with E-state index in [9.17, 15) is 14.4 Å². The van der Waals surface area contributed by atoms with Crippen LogP contribution >= 0.6 is 0 Å². The van der Waals surface area contributed by atoms with Crippen molar-refractivity contribution in [2.75, 3.05) is 39.9 Å². The zero-order valence-electron chi connectivity index (χ0n) is 29.9. The molecule has 0 spiro atoms. The maximum Gasteiger partial charge on any atom is 0.305 e. The van der Waals surface area contributed by atoms with Gasteiger partial charge in [0, 0.05) is 12.8 Å². The van der Waals surface area contributed by atoms with E-state index in [0.717, 1.165) is 45.1 Å². The van der Waals surface area contributed by atoms with Gasteiger partial charge in [0.15, 0.2) is 0 Å². The normalized spacial score (nSPS) is 15.0. The lowest BCUT2D eigenvalue weighted by molar-refractivity contribution is -0.149. The first-order valence-corrected chi connectivity index (χ1v) is 19.3. The van der Waals surface area contributed by atoms with E-state index in [1.165, 1.54) is 116 Å². The summed E-state index contributed by atoms with van der Waals surface area (Å²) in [5.41, 5.74) is 0. The highest BCUT2D eigenvalue weighted by atomic mass is 16.5. The fourth-order valence-corrected chi connectivity index (χ4v) is 6.32. The highest BCUT2D eigenvalue weighted by Gasteiger charge is 2.31. The Balaban J connectivity index is 2.19. The van der Waals surface area contributed by atoms with Gasteiger partial charge in [0.2, 0.25) is 5.91 Å². The standard InChI is InChI=1S/C38H72N2O5/c1-4-6-8-10-12-14-16-18-20-22-24-28-36(41)44-33-31-40(38(43)35-27-26-30-39(35)3)32-34-45-37(42)29-25-23-21-19-17-15-13-11-9-7-5-2/h35H,4-34H2,1-3H3/t35-/m0/s1. The first-order valence-electron chi connectivity index (χ1n) is 19.3. The first kappa shape index (κ1) is 41.4. The second-order valence-corrected chi connectivity index (χ2v) is 13.5. The van der Waals surface area contributed by atoms with Crippen molar-refractivity contribution in [2.24, 2.45) is 0 Å². The van der Waals surface area contributed by atoms with Gasteiger partial charge < -0.3 is 14.4 Å². The molecule has 1 heterocycles. The Morgan fingerprint density at radius 1 is 0.578 bits per heavy atom. The number of esters is 2. The second-order valence-electron chi connectivity index (χ2n) is 13.5. The molecule has 7 nitrogen and oxygen atoms in total. The van der Waals surface area contributed by atoms with Gasteiger partial charge in [-0.2, -0.15) is 0 Å². The molecular formula is C38H72N2O5. The zero-order chi connectivity index (χ0) is 32.8. The summed E-state index contributed by atoms with van der Waals surface area (Å²) >= 11 is 0. The summed E-state index contributed by atoms with van der Waals surface area (Å²) in [5, 5.41) is 0. The number of amides is 1. The minimum atomic E-state index is -0.185. The average Bonchev–Trinajstić information content (AvgIpc) is 3.47. The lowest BCUT2D eigenvalue weighted by Crippen LogP contribution is -2.47. The Morgan fingerprint density at radius 2 is 0.933 bits per heavy atom. The maximum atomic E-state index is 13.3. The molecule has 0 saturated carbocycles. The van der Waals surface area contributed by atoms with Gasteiger partial charge in [-0.05, 0) is 39.3 Å². The van der Waals surface area contributed by atoms with E-state index >= 15 is 0 Å². The van der Waals surface area contributed by atoms with Crippen LogP contribution in [-0.4, -0.2) is 73.6 Å². The molecule has 1 aliphatic heterocycles. The van der Waals surface area contributed by atoms with Gasteiger partial charge in [0.1, 0.15) is 13.2 Å². The predicted molar refractivity (Wildman–Crippen MR) is 186 cm³/mol. The summed E-state index contributed by atoms with van der Waals surface area (Å²) in [6, 6.07) is -0.149. The Hall–Kier alpha value is -1.63. The quantitative estimate of drug-likeness (QED) is 0.0557. The maximum absolute atomic E-state index is 13.3. The average molecular weight is 637 g/mol. The van der Waals surface area contributed by atoms with Crippen LogP contribution in [0.15, 0.2) is 0 Å². The van der Waals surface area contributed by atoms with Crippen LogP contribution in [0.1, 0.15) is 181 Å². The van der Waals surface area contributed by atoms with E-state index in [4.69, 9.17) is 9.47 Å². The van der Waals surface area contributed by atoms with E-state index in [1.54, 1.807) is 4.90 Å². The van der Waals surface area contributed by atoms with Crippen molar-refractivity contribution in [1.29, 1.82) is 0 Å². The fourth-order valence-electron chi connectivity index (χ4n) is 6.32. The second kappa shape index (κ2) is 29.8. The van der Waals surface area contributed by atoms with Crippen LogP contribution in [0, 0.1) is 0 Å². The number of carbonyl (C=O) groups excluding carboxylic acids is 3. The number of unbranched alkanes of at least 4 members (excludes halogenated alkanes) is 20. The Labute approximate surface area is 277 Å². The minimum Gasteiger partial charge on any atom is -0.464 e.